The number of hydrogen-bond donors (Lipinski definition) is 1. The average Bonchev–Trinajstić information content (AvgIpc) is 3.01. The number of anilines is 1. The lowest BCUT2D eigenvalue weighted by atomic mass is 9.89. The Morgan fingerprint density at radius 1 is 1.33 bits per heavy atom. The maximum absolute atomic E-state index is 12.5. The molecule has 1 aliphatic carbocycles. The predicted octanol–water partition coefficient (Wildman–Crippen LogP) is 5.16. The van der Waals surface area contributed by atoms with E-state index < -0.39 is 0 Å². The first-order valence-corrected chi connectivity index (χ1v) is 11.1. The fourth-order valence-electron chi connectivity index (χ4n) is 3.56. The minimum atomic E-state index is -0.00168. The van der Waals surface area contributed by atoms with Gasteiger partial charge in [-0.3, -0.25) is 4.79 Å². The topological polar surface area (TPSA) is 54.9 Å². The SMILES string of the molecule is Cc1cccc(NC(=O)CSc2ncnc3sc4c(c23)CCC(C)C4)c1C. The van der Waals surface area contributed by atoms with Gasteiger partial charge < -0.3 is 5.32 Å². The Hall–Kier alpha value is -1.92. The Balaban J connectivity index is 1.52. The highest BCUT2D eigenvalue weighted by molar-refractivity contribution is 8.00. The predicted molar refractivity (Wildman–Crippen MR) is 114 cm³/mol. The highest BCUT2D eigenvalue weighted by Crippen LogP contribution is 2.40. The van der Waals surface area contributed by atoms with Crippen molar-refractivity contribution in [1.82, 2.24) is 9.97 Å². The number of amides is 1. The van der Waals surface area contributed by atoms with E-state index in [0.717, 1.165) is 39.9 Å². The van der Waals surface area contributed by atoms with Crippen LogP contribution in [0, 0.1) is 19.8 Å². The molecule has 4 nitrogen and oxygen atoms in total. The molecule has 1 N–H and O–H groups in total. The number of aryl methyl sites for hydroxylation is 2. The van der Waals surface area contributed by atoms with Crippen molar-refractivity contribution in [3.8, 4) is 0 Å². The molecule has 4 rings (SSSR count). The molecule has 0 aliphatic heterocycles. The van der Waals surface area contributed by atoms with Gasteiger partial charge >= 0.3 is 0 Å². The highest BCUT2D eigenvalue weighted by atomic mass is 32.2. The summed E-state index contributed by atoms with van der Waals surface area (Å²) in [5, 5.41) is 5.14. The van der Waals surface area contributed by atoms with Gasteiger partial charge in [-0.25, -0.2) is 9.97 Å². The maximum atomic E-state index is 12.5. The van der Waals surface area contributed by atoms with Crippen molar-refractivity contribution in [1.29, 1.82) is 0 Å². The van der Waals surface area contributed by atoms with E-state index in [-0.39, 0.29) is 5.91 Å². The summed E-state index contributed by atoms with van der Waals surface area (Å²) in [6, 6.07) is 5.97. The number of hydrogen-bond acceptors (Lipinski definition) is 5. The summed E-state index contributed by atoms with van der Waals surface area (Å²) in [5.74, 6) is 1.08. The standard InChI is InChI=1S/C21H23N3OS2/c1-12-7-8-15-17(9-12)27-21-19(15)20(22-11-23-21)26-10-18(25)24-16-6-4-5-13(2)14(16)3/h4-6,11-12H,7-10H2,1-3H3,(H,24,25). The summed E-state index contributed by atoms with van der Waals surface area (Å²) in [7, 11) is 0. The molecule has 2 aromatic heterocycles. The van der Waals surface area contributed by atoms with Crippen LogP contribution in [0.15, 0.2) is 29.6 Å². The van der Waals surface area contributed by atoms with Gasteiger partial charge in [0.15, 0.2) is 0 Å². The lowest BCUT2D eigenvalue weighted by Gasteiger charge is -2.18. The Morgan fingerprint density at radius 2 is 2.19 bits per heavy atom. The normalized spacial score (nSPS) is 16.3. The van der Waals surface area contributed by atoms with Gasteiger partial charge in [-0.05, 0) is 61.8 Å². The Labute approximate surface area is 167 Å². The molecular formula is C21H23N3OS2. The Morgan fingerprint density at radius 3 is 3.04 bits per heavy atom. The monoisotopic (exact) mass is 397 g/mol. The summed E-state index contributed by atoms with van der Waals surface area (Å²) in [4.78, 5) is 24.0. The third-order valence-electron chi connectivity index (χ3n) is 5.28. The van der Waals surface area contributed by atoms with E-state index in [1.807, 2.05) is 19.1 Å². The molecule has 6 heteroatoms. The molecule has 1 atom stereocenters. The van der Waals surface area contributed by atoms with E-state index in [1.165, 1.54) is 39.6 Å². The largest absolute Gasteiger partial charge is 0.325 e. The van der Waals surface area contributed by atoms with Crippen molar-refractivity contribution in [2.45, 2.75) is 45.1 Å². The molecule has 0 spiro atoms. The fraction of sp³-hybridized carbons (Fsp3) is 0.381. The van der Waals surface area contributed by atoms with Gasteiger partial charge in [0.25, 0.3) is 0 Å². The first-order valence-electron chi connectivity index (χ1n) is 9.27. The van der Waals surface area contributed by atoms with Crippen LogP contribution in [-0.4, -0.2) is 21.6 Å². The van der Waals surface area contributed by atoms with Gasteiger partial charge in [-0.1, -0.05) is 30.8 Å². The van der Waals surface area contributed by atoms with Crippen molar-refractivity contribution >= 4 is 44.9 Å². The van der Waals surface area contributed by atoms with E-state index in [2.05, 4.69) is 35.2 Å². The molecule has 1 amide bonds. The highest BCUT2D eigenvalue weighted by Gasteiger charge is 2.23. The number of benzene rings is 1. The lowest BCUT2D eigenvalue weighted by Crippen LogP contribution is -2.15. The van der Waals surface area contributed by atoms with E-state index in [4.69, 9.17) is 0 Å². The van der Waals surface area contributed by atoms with Crippen LogP contribution in [0.25, 0.3) is 10.2 Å². The van der Waals surface area contributed by atoms with Crippen LogP contribution in [0.4, 0.5) is 5.69 Å². The molecule has 0 saturated heterocycles. The van der Waals surface area contributed by atoms with E-state index >= 15 is 0 Å². The number of thiophene rings is 1. The Kier molecular flexibility index (Phi) is 5.19. The summed E-state index contributed by atoms with van der Waals surface area (Å²) in [6.07, 6.45) is 5.06. The quantitative estimate of drug-likeness (QED) is 0.488. The van der Waals surface area contributed by atoms with Crippen LogP contribution in [0.5, 0.6) is 0 Å². The molecule has 0 saturated carbocycles. The molecule has 1 aliphatic rings. The molecule has 0 fully saturated rings. The zero-order valence-corrected chi connectivity index (χ0v) is 17.5. The first kappa shape index (κ1) is 18.4. The average molecular weight is 398 g/mol. The number of carbonyl (C=O) groups is 1. The molecule has 140 valence electrons. The van der Waals surface area contributed by atoms with Crippen LogP contribution in [-0.2, 0) is 17.6 Å². The molecule has 1 aromatic carbocycles. The molecule has 0 radical (unpaired) electrons. The molecular weight excluding hydrogens is 374 g/mol. The number of fused-ring (bicyclic) bond motifs is 3. The summed E-state index contributed by atoms with van der Waals surface area (Å²) < 4.78 is 0. The van der Waals surface area contributed by atoms with Crippen molar-refractivity contribution in [3.05, 3.63) is 46.1 Å². The second kappa shape index (κ2) is 7.60. The second-order valence-electron chi connectivity index (χ2n) is 7.30. The van der Waals surface area contributed by atoms with Crippen molar-refractivity contribution in [3.63, 3.8) is 0 Å². The second-order valence-corrected chi connectivity index (χ2v) is 9.34. The molecule has 27 heavy (non-hydrogen) atoms. The number of rotatable bonds is 4. The van der Waals surface area contributed by atoms with E-state index in [0.29, 0.717) is 5.75 Å². The van der Waals surface area contributed by atoms with Crippen molar-refractivity contribution in [2.24, 2.45) is 5.92 Å². The molecule has 0 bridgehead atoms. The van der Waals surface area contributed by atoms with Gasteiger partial charge in [-0.15, -0.1) is 11.3 Å². The van der Waals surface area contributed by atoms with Gasteiger partial charge in [0.1, 0.15) is 16.2 Å². The van der Waals surface area contributed by atoms with Gasteiger partial charge in [0.05, 0.1) is 5.75 Å². The minimum absolute atomic E-state index is 0.00168. The van der Waals surface area contributed by atoms with Crippen LogP contribution in [0.3, 0.4) is 0 Å². The van der Waals surface area contributed by atoms with Gasteiger partial charge in [0.2, 0.25) is 5.91 Å². The van der Waals surface area contributed by atoms with Crippen LogP contribution >= 0.6 is 23.1 Å². The van der Waals surface area contributed by atoms with Crippen LogP contribution < -0.4 is 5.32 Å². The lowest BCUT2D eigenvalue weighted by molar-refractivity contribution is -0.113. The number of nitrogens with zero attached hydrogens (tertiary/aromatic N) is 2. The minimum Gasteiger partial charge on any atom is -0.325 e. The third kappa shape index (κ3) is 3.73. The summed E-state index contributed by atoms with van der Waals surface area (Å²) in [5.41, 5.74) is 4.58. The van der Waals surface area contributed by atoms with Crippen molar-refractivity contribution < 1.29 is 4.79 Å². The van der Waals surface area contributed by atoms with Crippen LogP contribution in [0.2, 0.25) is 0 Å². The summed E-state index contributed by atoms with van der Waals surface area (Å²) >= 11 is 3.30. The zero-order valence-electron chi connectivity index (χ0n) is 15.8. The number of carbonyl (C=O) groups excluding carboxylic acids is 1. The smallest absolute Gasteiger partial charge is 0.234 e. The summed E-state index contributed by atoms with van der Waals surface area (Å²) in [6.45, 7) is 6.40. The molecule has 3 aromatic rings. The number of thioether (sulfide) groups is 1. The maximum Gasteiger partial charge on any atom is 0.234 e. The van der Waals surface area contributed by atoms with Gasteiger partial charge in [-0.2, -0.15) is 0 Å². The first-order chi connectivity index (χ1) is 13.0. The zero-order chi connectivity index (χ0) is 19.0. The molecule has 1 unspecified atom stereocenters. The van der Waals surface area contributed by atoms with E-state index in [9.17, 15) is 4.79 Å². The number of aromatic nitrogens is 2. The fourth-order valence-corrected chi connectivity index (χ4v) is 5.80. The Bertz CT molecular complexity index is 1010. The number of nitrogens with one attached hydrogen (secondary N) is 1. The van der Waals surface area contributed by atoms with Crippen LogP contribution in [0.1, 0.15) is 34.9 Å². The molecule has 2 heterocycles. The van der Waals surface area contributed by atoms with Gasteiger partial charge in [0, 0.05) is 16.0 Å². The van der Waals surface area contributed by atoms with Crippen molar-refractivity contribution in [2.75, 3.05) is 11.1 Å². The van der Waals surface area contributed by atoms with E-state index in [1.54, 1.807) is 17.7 Å². The third-order valence-corrected chi connectivity index (χ3v) is 7.43.